The molecule has 0 fully saturated rings. The van der Waals surface area contributed by atoms with Gasteiger partial charge in [-0.15, -0.1) is 0 Å². The quantitative estimate of drug-likeness (QED) is 0.160. The second-order valence-electron chi connectivity index (χ2n) is 25.3. The summed E-state index contributed by atoms with van der Waals surface area (Å²) in [5, 5.41) is 18.5. The smallest absolute Gasteiger partial charge is 0.148 e. The predicted molar refractivity (Wildman–Crippen MR) is 397 cm³/mol. The molecular formula is C88H53N7. The van der Waals surface area contributed by atoms with Crippen LogP contribution in [0.15, 0.2) is 322 Å². The summed E-state index contributed by atoms with van der Waals surface area (Å²) in [6.07, 6.45) is 3.93. The molecule has 0 amide bonds. The van der Waals surface area contributed by atoms with Gasteiger partial charge in [0.25, 0.3) is 0 Å². The number of nitrogens with zero attached hydrogens (tertiary/aromatic N) is 7. The van der Waals surface area contributed by atoms with E-state index in [9.17, 15) is 0 Å². The minimum atomic E-state index is 0.783. The van der Waals surface area contributed by atoms with E-state index in [1.165, 1.54) is 21.5 Å². The number of fused-ring (bicyclic) bond motifs is 17. The second kappa shape index (κ2) is 19.8. The van der Waals surface area contributed by atoms with Crippen LogP contribution < -0.4 is 0 Å². The number of hydrogen-bond donors (Lipinski definition) is 0. The molecule has 7 nitrogen and oxygen atoms in total. The molecule has 0 aliphatic carbocycles. The molecule has 0 saturated carbocycles. The number of hydrogen-bond acceptors (Lipinski definition) is 2. The van der Waals surface area contributed by atoms with Gasteiger partial charge in [-0.2, -0.15) is 0 Å². The van der Waals surface area contributed by atoms with E-state index in [-0.39, 0.29) is 0 Å². The molecule has 21 aromatic rings. The minimum absolute atomic E-state index is 0.783. The molecule has 95 heavy (non-hydrogen) atoms. The van der Waals surface area contributed by atoms with Gasteiger partial charge in [-0.25, -0.2) is 4.98 Å². The molecule has 21 rings (SSSR count). The van der Waals surface area contributed by atoms with E-state index in [4.69, 9.17) is 9.97 Å². The van der Waals surface area contributed by atoms with Crippen molar-refractivity contribution in [3.63, 3.8) is 0 Å². The Kier molecular flexibility index (Phi) is 10.8. The van der Waals surface area contributed by atoms with Crippen LogP contribution in [0.1, 0.15) is 0 Å². The summed E-state index contributed by atoms with van der Waals surface area (Å²) in [4.78, 5) is 11.0. The third-order valence-corrected chi connectivity index (χ3v) is 20.2. The highest BCUT2D eigenvalue weighted by Crippen LogP contribution is 2.56. The number of benzene rings is 15. The highest BCUT2D eigenvalue weighted by Gasteiger charge is 2.38. The first kappa shape index (κ1) is 51.9. The summed E-state index contributed by atoms with van der Waals surface area (Å²) in [7, 11) is 0. The number of pyridine rings is 1. The Hall–Kier alpha value is -12.8. The highest BCUT2D eigenvalue weighted by atomic mass is 15.2. The van der Waals surface area contributed by atoms with Gasteiger partial charge < -0.3 is 18.3 Å². The van der Waals surface area contributed by atoms with Crippen molar-refractivity contribution in [3.05, 3.63) is 322 Å². The van der Waals surface area contributed by atoms with Crippen LogP contribution in [0.2, 0.25) is 0 Å². The van der Waals surface area contributed by atoms with Crippen LogP contribution in [0, 0.1) is 0 Å². The van der Waals surface area contributed by atoms with Crippen LogP contribution in [0.5, 0.6) is 0 Å². The third kappa shape index (κ3) is 7.40. The second-order valence-corrected chi connectivity index (χ2v) is 25.3. The molecule has 0 unspecified atom stereocenters. The molecule has 0 saturated heterocycles. The molecule has 0 aliphatic heterocycles. The fourth-order valence-electron chi connectivity index (χ4n) is 16.2. The Morgan fingerprint density at radius 1 is 0.211 bits per heavy atom. The summed E-state index contributed by atoms with van der Waals surface area (Å²) >= 11 is 0. The number of rotatable bonds is 7. The van der Waals surface area contributed by atoms with Gasteiger partial charge in [-0.05, 0) is 158 Å². The summed E-state index contributed by atoms with van der Waals surface area (Å²) < 4.78 is 13.0. The number of para-hydroxylation sites is 7. The maximum atomic E-state index is 6.14. The topological polar surface area (TPSA) is 50.4 Å². The first-order chi connectivity index (χ1) is 47.2. The van der Waals surface area contributed by atoms with Crippen molar-refractivity contribution in [1.82, 2.24) is 32.8 Å². The van der Waals surface area contributed by atoms with E-state index >= 15 is 0 Å². The summed E-state index contributed by atoms with van der Waals surface area (Å²) in [6, 6.07) is 115. The van der Waals surface area contributed by atoms with Crippen LogP contribution in [0.4, 0.5) is 0 Å². The van der Waals surface area contributed by atoms with Crippen molar-refractivity contribution in [2.24, 2.45) is 0 Å². The molecule has 0 radical (unpaired) electrons. The van der Waals surface area contributed by atoms with E-state index in [0.717, 1.165) is 171 Å². The van der Waals surface area contributed by atoms with E-state index in [0.29, 0.717) is 0 Å². The van der Waals surface area contributed by atoms with Crippen molar-refractivity contribution in [2.45, 2.75) is 0 Å². The van der Waals surface area contributed by atoms with Crippen LogP contribution in [-0.2, 0) is 0 Å². The molecule has 7 heteroatoms. The monoisotopic (exact) mass is 1210 g/mol. The lowest BCUT2D eigenvalue weighted by atomic mass is 9.91. The first-order valence-corrected chi connectivity index (χ1v) is 32.5. The number of aromatic nitrogens is 7. The largest absolute Gasteiger partial charge is 0.306 e. The first-order valence-electron chi connectivity index (χ1n) is 32.5. The van der Waals surface area contributed by atoms with Crippen LogP contribution >= 0.6 is 0 Å². The fraction of sp³-hybridized carbons (Fsp3) is 0. The van der Waals surface area contributed by atoms with Gasteiger partial charge >= 0.3 is 0 Å². The highest BCUT2D eigenvalue weighted by molar-refractivity contribution is 6.22. The van der Waals surface area contributed by atoms with Crippen LogP contribution in [-0.4, -0.2) is 32.8 Å². The molecule has 0 spiro atoms. The fourth-order valence-corrected chi connectivity index (χ4v) is 16.2. The van der Waals surface area contributed by atoms with Crippen molar-refractivity contribution in [2.75, 3.05) is 0 Å². The van der Waals surface area contributed by atoms with E-state index in [1.807, 2.05) is 12.4 Å². The summed E-state index contributed by atoms with van der Waals surface area (Å²) in [6.45, 7) is 0. The maximum absolute atomic E-state index is 6.14. The lowest BCUT2D eigenvalue weighted by Crippen LogP contribution is -2.17. The Morgan fingerprint density at radius 3 is 0.905 bits per heavy atom. The Labute approximate surface area is 543 Å². The molecule has 0 bridgehead atoms. The molecule has 440 valence electrons. The van der Waals surface area contributed by atoms with Gasteiger partial charge in [-0.1, -0.05) is 200 Å². The van der Waals surface area contributed by atoms with Crippen molar-refractivity contribution in [3.8, 4) is 51.0 Å². The molecular weight excluding hydrogens is 1160 g/mol. The Balaban J connectivity index is 1.15. The molecule has 15 aromatic carbocycles. The lowest BCUT2D eigenvalue weighted by Gasteiger charge is -2.31. The van der Waals surface area contributed by atoms with E-state index in [2.05, 4.69) is 332 Å². The van der Waals surface area contributed by atoms with Gasteiger partial charge in [0, 0.05) is 66.7 Å². The van der Waals surface area contributed by atoms with E-state index in [1.54, 1.807) is 0 Å². The molecule has 0 N–H and O–H groups in total. The number of imidazole rings is 1. The maximum Gasteiger partial charge on any atom is 0.148 e. The van der Waals surface area contributed by atoms with Crippen LogP contribution in [0.3, 0.4) is 0 Å². The Bertz CT molecular complexity index is 6840. The Morgan fingerprint density at radius 2 is 0.516 bits per heavy atom. The van der Waals surface area contributed by atoms with Gasteiger partial charge in [0.1, 0.15) is 5.82 Å². The van der Waals surface area contributed by atoms with Gasteiger partial charge in [0.2, 0.25) is 0 Å². The van der Waals surface area contributed by atoms with E-state index < -0.39 is 0 Å². The predicted octanol–water partition coefficient (Wildman–Crippen LogP) is 22.8. The van der Waals surface area contributed by atoms with Gasteiger partial charge in [0.05, 0.1) is 83.5 Å². The van der Waals surface area contributed by atoms with Gasteiger partial charge in [0.15, 0.2) is 0 Å². The van der Waals surface area contributed by atoms with Crippen LogP contribution in [0.25, 0.3) is 192 Å². The third-order valence-electron chi connectivity index (χ3n) is 20.2. The zero-order valence-electron chi connectivity index (χ0n) is 51.2. The SMILES string of the molecule is c1ccc(-n2c(-c3c(-c4ccncc4)c(-n4c5ccccc5c5cc6ccccc6cc54)c(-n4c5ccccc5c5cc6ccccc6cc54)c(-n4c5ccccc5c5cc6ccccc6cc54)c3-n3c4ccccc4c4cc5ccccc5cc43)nc3ccccc32)cc1. The molecule has 6 heterocycles. The zero-order chi connectivity index (χ0) is 62.0. The minimum Gasteiger partial charge on any atom is -0.306 e. The standard InChI is InChI=1S/C88H53N7/c1-2-30-63(31-3-1)91-77-41-21-16-36-72(77)90-88(91)83-82(54-42-44-89-45-43-54)84(92-73-37-17-12-32-64(73)68-46-55-22-4-8-26-59(55)50-78(68)92)86(94-75-39-19-14-34-66(75)70-48-57-24-6-10-28-61(57)52-80(70)94)87(95-76-40-20-15-35-67(76)71-49-58-25-7-11-29-62(58)53-81(71)95)85(83)93-74-38-18-13-33-65(74)69-47-56-23-5-9-27-60(56)51-79(69)93/h1-53H. The lowest BCUT2D eigenvalue weighted by molar-refractivity contribution is 1.02. The van der Waals surface area contributed by atoms with Gasteiger partial charge in [-0.3, -0.25) is 9.55 Å². The molecule has 6 aromatic heterocycles. The summed E-state index contributed by atoms with van der Waals surface area (Å²) in [5.74, 6) is 0.783. The average Bonchev–Trinajstić information content (AvgIpc) is 1.57. The van der Waals surface area contributed by atoms with Crippen molar-refractivity contribution in [1.29, 1.82) is 0 Å². The summed E-state index contributed by atoms with van der Waals surface area (Å²) in [5.41, 5.74) is 18.2. The van der Waals surface area contributed by atoms with Crippen molar-refractivity contribution < 1.29 is 0 Å². The molecule has 0 aliphatic rings. The zero-order valence-corrected chi connectivity index (χ0v) is 51.2. The average molecular weight is 1210 g/mol. The van der Waals surface area contributed by atoms with Crippen molar-refractivity contribution >= 4 is 141 Å². The normalized spacial score (nSPS) is 12.2. The molecule has 0 atom stereocenters.